The minimum Gasteiger partial charge on any atom is -0.489 e. The monoisotopic (exact) mass is 382 g/mol. The van der Waals surface area contributed by atoms with Crippen LogP contribution in [-0.2, 0) is 13.0 Å². The van der Waals surface area contributed by atoms with E-state index in [4.69, 9.17) is 4.74 Å². The zero-order valence-corrected chi connectivity index (χ0v) is 17.0. The van der Waals surface area contributed by atoms with Crippen LogP contribution in [0.4, 0.5) is 0 Å². The van der Waals surface area contributed by atoms with Crippen LogP contribution < -0.4 is 10.1 Å². The second kappa shape index (κ2) is 7.41. The highest BCUT2D eigenvalue weighted by atomic mass is 16.5. The van der Waals surface area contributed by atoms with Gasteiger partial charge in [-0.25, -0.2) is 0 Å². The Morgan fingerprint density at radius 3 is 2.62 bits per heavy atom. The minimum atomic E-state index is 0.109. The van der Waals surface area contributed by atoms with Crippen LogP contribution in [0.15, 0.2) is 66.7 Å². The van der Waals surface area contributed by atoms with Gasteiger partial charge in [0.05, 0.1) is 6.04 Å². The summed E-state index contributed by atoms with van der Waals surface area (Å²) in [5, 5.41) is 5.10. The maximum Gasteiger partial charge on any atom is 0.124 e. The lowest BCUT2D eigenvalue weighted by molar-refractivity contribution is 0.300. The second-order valence-electron chi connectivity index (χ2n) is 7.97. The number of fused-ring (bicyclic) bond motifs is 3. The summed E-state index contributed by atoms with van der Waals surface area (Å²) in [7, 11) is 0. The molecule has 2 N–H and O–H groups in total. The summed E-state index contributed by atoms with van der Waals surface area (Å²) in [5.41, 5.74) is 8.97. The number of ether oxygens (including phenoxy) is 1. The molecule has 1 atom stereocenters. The lowest BCUT2D eigenvalue weighted by atomic mass is 9.92. The summed E-state index contributed by atoms with van der Waals surface area (Å²) in [6.45, 7) is 5.92. The standard InChI is InChI=1S/C26H26N2O/c1-17-14-18(2)24-21-12-13-27-25(26(21)28-22(24)15-17)20-10-6-7-11-23(20)29-16-19-8-4-3-5-9-19/h3-11,14-15,25,27-28H,12-13,16H2,1-2H3. The molecule has 146 valence electrons. The van der Waals surface area contributed by atoms with Crippen LogP contribution in [0, 0.1) is 13.8 Å². The molecule has 29 heavy (non-hydrogen) atoms. The number of hydrogen-bond donors (Lipinski definition) is 2. The van der Waals surface area contributed by atoms with Crippen molar-refractivity contribution in [2.45, 2.75) is 32.9 Å². The fourth-order valence-electron chi connectivity index (χ4n) is 4.62. The molecule has 3 heteroatoms. The SMILES string of the molecule is Cc1cc(C)c2c3c([nH]c2c1)C(c1ccccc1OCc1ccccc1)NCC3. The average Bonchev–Trinajstić information content (AvgIpc) is 3.12. The lowest BCUT2D eigenvalue weighted by Crippen LogP contribution is -2.30. The first-order valence-electron chi connectivity index (χ1n) is 10.3. The normalized spacial score (nSPS) is 16.0. The molecule has 0 saturated carbocycles. The van der Waals surface area contributed by atoms with Gasteiger partial charge in [-0.2, -0.15) is 0 Å². The third-order valence-electron chi connectivity index (χ3n) is 5.86. The van der Waals surface area contributed by atoms with Gasteiger partial charge in [0.25, 0.3) is 0 Å². The van der Waals surface area contributed by atoms with E-state index in [2.05, 4.69) is 66.6 Å². The van der Waals surface area contributed by atoms with E-state index in [1.165, 1.54) is 44.4 Å². The zero-order valence-electron chi connectivity index (χ0n) is 17.0. The topological polar surface area (TPSA) is 37.0 Å². The molecule has 5 rings (SSSR count). The summed E-state index contributed by atoms with van der Waals surface area (Å²) in [5.74, 6) is 0.938. The molecule has 1 unspecified atom stereocenters. The van der Waals surface area contributed by atoms with Crippen molar-refractivity contribution >= 4 is 10.9 Å². The van der Waals surface area contributed by atoms with E-state index in [0.29, 0.717) is 6.61 Å². The number of hydrogen-bond acceptors (Lipinski definition) is 2. The van der Waals surface area contributed by atoms with Gasteiger partial charge in [0.1, 0.15) is 12.4 Å². The van der Waals surface area contributed by atoms with Gasteiger partial charge in [-0.05, 0) is 54.7 Å². The Balaban J connectivity index is 1.54. The number of aromatic nitrogens is 1. The van der Waals surface area contributed by atoms with Gasteiger partial charge in [0, 0.05) is 28.7 Å². The van der Waals surface area contributed by atoms with Crippen LogP contribution in [0.1, 0.15) is 39.6 Å². The molecule has 1 aliphatic heterocycles. The third-order valence-corrected chi connectivity index (χ3v) is 5.86. The molecule has 2 heterocycles. The predicted octanol–water partition coefficient (Wildman–Crippen LogP) is 5.60. The maximum absolute atomic E-state index is 6.25. The molecule has 1 aliphatic rings. The van der Waals surface area contributed by atoms with Gasteiger partial charge in [0.15, 0.2) is 0 Å². The number of rotatable bonds is 4. The van der Waals surface area contributed by atoms with Crippen LogP contribution in [0.2, 0.25) is 0 Å². The van der Waals surface area contributed by atoms with Crippen molar-refractivity contribution in [1.82, 2.24) is 10.3 Å². The van der Waals surface area contributed by atoms with E-state index < -0.39 is 0 Å². The van der Waals surface area contributed by atoms with Crippen LogP contribution in [0.5, 0.6) is 5.75 Å². The molecule has 0 bridgehead atoms. The molecular weight excluding hydrogens is 356 g/mol. The number of benzene rings is 3. The number of para-hydroxylation sites is 1. The Hall–Kier alpha value is -3.04. The molecule has 0 saturated heterocycles. The minimum absolute atomic E-state index is 0.109. The van der Waals surface area contributed by atoms with Crippen molar-refractivity contribution in [3.63, 3.8) is 0 Å². The van der Waals surface area contributed by atoms with E-state index in [0.717, 1.165) is 18.7 Å². The van der Waals surface area contributed by atoms with E-state index in [1.807, 2.05) is 24.3 Å². The van der Waals surface area contributed by atoms with Crippen molar-refractivity contribution in [2.24, 2.45) is 0 Å². The molecule has 4 aromatic rings. The van der Waals surface area contributed by atoms with Gasteiger partial charge in [-0.3, -0.25) is 0 Å². The zero-order chi connectivity index (χ0) is 19.8. The fraction of sp³-hybridized carbons (Fsp3) is 0.231. The van der Waals surface area contributed by atoms with Gasteiger partial charge >= 0.3 is 0 Å². The van der Waals surface area contributed by atoms with Crippen LogP contribution in [0.25, 0.3) is 10.9 Å². The Kier molecular flexibility index (Phi) is 4.61. The van der Waals surface area contributed by atoms with Crippen molar-refractivity contribution < 1.29 is 4.74 Å². The van der Waals surface area contributed by atoms with Gasteiger partial charge in [-0.15, -0.1) is 0 Å². The summed E-state index contributed by atoms with van der Waals surface area (Å²) < 4.78 is 6.25. The highest BCUT2D eigenvalue weighted by molar-refractivity contribution is 5.89. The second-order valence-corrected chi connectivity index (χ2v) is 7.97. The predicted molar refractivity (Wildman–Crippen MR) is 119 cm³/mol. The van der Waals surface area contributed by atoms with Crippen molar-refractivity contribution in [3.05, 3.63) is 100 Å². The Morgan fingerprint density at radius 2 is 1.76 bits per heavy atom. The third kappa shape index (κ3) is 3.32. The molecular formula is C26H26N2O. The largest absolute Gasteiger partial charge is 0.489 e. The molecule has 0 aliphatic carbocycles. The Morgan fingerprint density at radius 1 is 0.966 bits per heavy atom. The van der Waals surface area contributed by atoms with Crippen molar-refractivity contribution in [1.29, 1.82) is 0 Å². The van der Waals surface area contributed by atoms with Crippen molar-refractivity contribution in [3.8, 4) is 5.75 Å². The molecule has 0 amide bonds. The molecule has 0 spiro atoms. The molecule has 1 aromatic heterocycles. The van der Waals surface area contributed by atoms with Gasteiger partial charge in [-0.1, -0.05) is 54.6 Å². The van der Waals surface area contributed by atoms with Crippen LogP contribution in [-0.4, -0.2) is 11.5 Å². The summed E-state index contributed by atoms with van der Waals surface area (Å²) in [4.78, 5) is 3.73. The first-order chi connectivity index (χ1) is 14.2. The number of nitrogens with one attached hydrogen (secondary N) is 2. The maximum atomic E-state index is 6.25. The summed E-state index contributed by atoms with van der Waals surface area (Å²) in [6.07, 6.45) is 1.04. The average molecular weight is 383 g/mol. The van der Waals surface area contributed by atoms with E-state index in [1.54, 1.807) is 0 Å². The van der Waals surface area contributed by atoms with E-state index in [-0.39, 0.29) is 6.04 Å². The quantitative estimate of drug-likeness (QED) is 0.482. The van der Waals surface area contributed by atoms with E-state index in [9.17, 15) is 0 Å². The number of H-pyrrole nitrogens is 1. The summed E-state index contributed by atoms with van der Waals surface area (Å²) in [6, 6.07) is 23.4. The lowest BCUT2D eigenvalue weighted by Gasteiger charge is -2.26. The van der Waals surface area contributed by atoms with Crippen LogP contribution >= 0.6 is 0 Å². The molecule has 0 fully saturated rings. The number of aryl methyl sites for hydroxylation is 2. The van der Waals surface area contributed by atoms with E-state index >= 15 is 0 Å². The molecule has 3 nitrogen and oxygen atoms in total. The Labute approximate surface area is 171 Å². The fourth-order valence-corrected chi connectivity index (χ4v) is 4.62. The van der Waals surface area contributed by atoms with Gasteiger partial charge < -0.3 is 15.0 Å². The highest BCUT2D eigenvalue weighted by Gasteiger charge is 2.27. The first-order valence-corrected chi connectivity index (χ1v) is 10.3. The number of aromatic amines is 1. The first kappa shape index (κ1) is 18.0. The summed E-state index contributed by atoms with van der Waals surface area (Å²) >= 11 is 0. The molecule has 0 radical (unpaired) electrons. The highest BCUT2D eigenvalue weighted by Crippen LogP contribution is 2.38. The Bertz CT molecular complexity index is 1160. The van der Waals surface area contributed by atoms with Gasteiger partial charge in [0.2, 0.25) is 0 Å². The van der Waals surface area contributed by atoms with Crippen LogP contribution in [0.3, 0.4) is 0 Å². The van der Waals surface area contributed by atoms with Crippen molar-refractivity contribution in [2.75, 3.05) is 6.54 Å². The smallest absolute Gasteiger partial charge is 0.124 e. The molecule has 3 aromatic carbocycles.